The van der Waals surface area contributed by atoms with E-state index in [-0.39, 0.29) is 12.3 Å². The first-order chi connectivity index (χ1) is 16.3. The van der Waals surface area contributed by atoms with Crippen molar-refractivity contribution in [3.8, 4) is 11.5 Å². The van der Waals surface area contributed by atoms with E-state index >= 15 is 0 Å². The van der Waals surface area contributed by atoms with Crippen molar-refractivity contribution in [1.82, 2.24) is 14.9 Å². The van der Waals surface area contributed by atoms with E-state index in [1.54, 1.807) is 4.31 Å². The zero-order valence-corrected chi connectivity index (χ0v) is 20.8. The van der Waals surface area contributed by atoms with Crippen LogP contribution in [0.3, 0.4) is 0 Å². The lowest BCUT2D eigenvalue weighted by Gasteiger charge is -2.44. The monoisotopic (exact) mass is 484 g/mol. The summed E-state index contributed by atoms with van der Waals surface area (Å²) in [6.45, 7) is 9.11. The molecule has 182 valence electrons. The van der Waals surface area contributed by atoms with Crippen LogP contribution in [0.15, 0.2) is 40.2 Å². The summed E-state index contributed by atoms with van der Waals surface area (Å²) in [4.78, 5) is 5.21. The first kappa shape index (κ1) is 23.1. The fourth-order valence-electron chi connectivity index (χ4n) is 5.03. The molecule has 0 amide bonds. The Hall–Kier alpha value is -2.62. The molecule has 3 heterocycles. The second-order valence-electron chi connectivity index (χ2n) is 9.39. The molecule has 1 saturated heterocycles. The van der Waals surface area contributed by atoms with Crippen LogP contribution < -0.4 is 20.1 Å². The van der Waals surface area contributed by atoms with Crippen molar-refractivity contribution < 1.29 is 17.9 Å². The number of rotatable bonds is 4. The summed E-state index contributed by atoms with van der Waals surface area (Å²) in [5.41, 5.74) is 3.65. The van der Waals surface area contributed by atoms with Gasteiger partial charge in [0.25, 0.3) is 0 Å². The predicted molar refractivity (Wildman–Crippen MR) is 131 cm³/mol. The Labute approximate surface area is 201 Å². The molecule has 0 bridgehead atoms. The van der Waals surface area contributed by atoms with Crippen LogP contribution in [0.4, 0.5) is 0 Å². The van der Waals surface area contributed by atoms with Gasteiger partial charge in [0.1, 0.15) is 5.84 Å². The fourth-order valence-corrected chi connectivity index (χ4v) is 6.77. The lowest BCUT2D eigenvalue weighted by molar-refractivity contribution is 0.174. The third kappa shape index (κ3) is 4.16. The Morgan fingerprint density at radius 2 is 1.76 bits per heavy atom. The number of hydrogen-bond donors (Lipinski definition) is 2. The van der Waals surface area contributed by atoms with E-state index < -0.39 is 10.0 Å². The van der Waals surface area contributed by atoms with E-state index in [1.807, 2.05) is 51.1 Å². The number of benzene rings is 2. The summed E-state index contributed by atoms with van der Waals surface area (Å²) in [6, 6.07) is 9.70. The third-order valence-electron chi connectivity index (χ3n) is 7.18. The first-order valence-electron chi connectivity index (χ1n) is 11.8. The van der Waals surface area contributed by atoms with E-state index in [2.05, 4.69) is 10.6 Å². The van der Waals surface area contributed by atoms with E-state index in [0.29, 0.717) is 43.9 Å². The highest BCUT2D eigenvalue weighted by atomic mass is 32.2. The van der Waals surface area contributed by atoms with Gasteiger partial charge < -0.3 is 20.1 Å². The summed E-state index contributed by atoms with van der Waals surface area (Å²) in [7, 11) is -3.55. The number of nitrogens with zero attached hydrogens (tertiary/aromatic N) is 2. The lowest BCUT2D eigenvalue weighted by atomic mass is 9.85. The van der Waals surface area contributed by atoms with E-state index in [0.717, 1.165) is 46.1 Å². The molecule has 3 aliphatic rings. The summed E-state index contributed by atoms with van der Waals surface area (Å²) in [5.74, 6) is 2.44. The van der Waals surface area contributed by atoms with Crippen molar-refractivity contribution in [2.75, 3.05) is 33.0 Å². The van der Waals surface area contributed by atoms with Crippen LogP contribution in [0.25, 0.3) is 0 Å². The minimum Gasteiger partial charge on any atom is -0.454 e. The largest absolute Gasteiger partial charge is 0.454 e. The zero-order valence-electron chi connectivity index (χ0n) is 20.0. The summed E-state index contributed by atoms with van der Waals surface area (Å²) < 4.78 is 39.4. The molecule has 0 aromatic heterocycles. The second kappa shape index (κ2) is 8.87. The molecule has 0 atom stereocenters. The van der Waals surface area contributed by atoms with Crippen LogP contribution >= 0.6 is 0 Å². The molecule has 9 heteroatoms. The van der Waals surface area contributed by atoms with Gasteiger partial charge in [-0.25, -0.2) is 8.42 Å². The average molecular weight is 485 g/mol. The summed E-state index contributed by atoms with van der Waals surface area (Å²) in [6.07, 6.45) is 1.34. The molecule has 2 aromatic rings. The standard InChI is InChI=1S/C25H32N4O4S/c1-17-12-19(3)23(13-18(17)2)34(30,31)29-10-6-25(7-11-29)24(26-8-9-28-25)27-15-20-4-5-21-22(14-20)33-16-32-21/h4-5,12-14,28H,6-11,15-16H2,1-3H3,(H,26,27). The van der Waals surface area contributed by atoms with Gasteiger partial charge in [-0.15, -0.1) is 0 Å². The molecular formula is C25H32N4O4S. The smallest absolute Gasteiger partial charge is 0.243 e. The van der Waals surface area contributed by atoms with Crippen molar-refractivity contribution in [2.24, 2.45) is 4.99 Å². The lowest BCUT2D eigenvalue weighted by Crippen LogP contribution is -2.64. The molecule has 1 fully saturated rings. The average Bonchev–Trinajstić information content (AvgIpc) is 3.29. The van der Waals surface area contributed by atoms with Gasteiger partial charge in [-0.1, -0.05) is 12.1 Å². The second-order valence-corrected chi connectivity index (χ2v) is 11.3. The van der Waals surface area contributed by atoms with Crippen LogP contribution in [0, 0.1) is 20.8 Å². The number of hydrogen-bond acceptors (Lipinski definition) is 7. The molecular weight excluding hydrogens is 452 g/mol. The molecule has 0 unspecified atom stereocenters. The van der Waals surface area contributed by atoms with Crippen LogP contribution in [0.1, 0.15) is 35.1 Å². The number of ether oxygens (including phenoxy) is 2. The van der Waals surface area contributed by atoms with Gasteiger partial charge in [-0.05, 0) is 74.1 Å². The van der Waals surface area contributed by atoms with Gasteiger partial charge in [-0.2, -0.15) is 4.31 Å². The van der Waals surface area contributed by atoms with Gasteiger partial charge >= 0.3 is 0 Å². The predicted octanol–water partition coefficient (Wildman–Crippen LogP) is 2.66. The van der Waals surface area contributed by atoms with Crippen LogP contribution in [0.2, 0.25) is 0 Å². The maximum absolute atomic E-state index is 13.5. The topological polar surface area (TPSA) is 92.3 Å². The zero-order chi connectivity index (χ0) is 23.9. The van der Waals surface area contributed by atoms with E-state index in [9.17, 15) is 8.42 Å². The van der Waals surface area contributed by atoms with E-state index in [4.69, 9.17) is 14.5 Å². The van der Waals surface area contributed by atoms with Gasteiger partial charge in [0.05, 0.1) is 17.0 Å². The summed E-state index contributed by atoms with van der Waals surface area (Å²) in [5, 5.41) is 7.16. The number of sulfonamides is 1. The van der Waals surface area contributed by atoms with Gasteiger partial charge in [0, 0.05) is 26.2 Å². The number of aliphatic imine (C=N–C) groups is 1. The minimum atomic E-state index is -3.55. The van der Waals surface area contributed by atoms with Crippen molar-refractivity contribution in [1.29, 1.82) is 0 Å². The van der Waals surface area contributed by atoms with Crippen molar-refractivity contribution >= 4 is 15.9 Å². The number of aryl methyl sites for hydroxylation is 3. The minimum absolute atomic E-state index is 0.257. The van der Waals surface area contributed by atoms with Crippen molar-refractivity contribution in [3.63, 3.8) is 0 Å². The quantitative estimate of drug-likeness (QED) is 0.693. The Morgan fingerprint density at radius 3 is 2.56 bits per heavy atom. The number of piperidine rings is 1. The maximum atomic E-state index is 13.5. The third-order valence-corrected chi connectivity index (χ3v) is 9.22. The highest BCUT2D eigenvalue weighted by Crippen LogP contribution is 2.33. The molecule has 8 nitrogen and oxygen atoms in total. The molecule has 1 spiro atoms. The molecule has 2 aromatic carbocycles. The Morgan fingerprint density at radius 1 is 1.03 bits per heavy atom. The van der Waals surface area contributed by atoms with E-state index in [1.165, 1.54) is 0 Å². The molecule has 3 aliphatic heterocycles. The maximum Gasteiger partial charge on any atom is 0.243 e. The molecule has 5 rings (SSSR count). The number of nitrogens with one attached hydrogen (secondary N) is 2. The van der Waals surface area contributed by atoms with Crippen molar-refractivity contribution in [2.45, 2.75) is 50.6 Å². The molecule has 34 heavy (non-hydrogen) atoms. The SMILES string of the molecule is Cc1cc(C)c(S(=O)(=O)N2CCC3(CC2)NCCN=C3NCc2ccc3c(c2)OCO3)cc1C. The Kier molecular flexibility index (Phi) is 6.03. The fraction of sp³-hybridized carbons (Fsp3) is 0.480. The highest BCUT2D eigenvalue weighted by molar-refractivity contribution is 7.89. The number of fused-ring (bicyclic) bond motifs is 1. The first-order valence-corrected chi connectivity index (χ1v) is 13.2. The molecule has 0 saturated carbocycles. The highest BCUT2D eigenvalue weighted by Gasteiger charge is 2.43. The Balaban J connectivity index is 1.29. The van der Waals surface area contributed by atoms with Gasteiger partial charge in [0.2, 0.25) is 16.8 Å². The van der Waals surface area contributed by atoms with Gasteiger partial charge in [0.15, 0.2) is 11.5 Å². The van der Waals surface area contributed by atoms with Crippen LogP contribution in [-0.2, 0) is 16.6 Å². The molecule has 0 aliphatic carbocycles. The molecule has 0 radical (unpaired) electrons. The van der Waals surface area contributed by atoms with Crippen LogP contribution in [0.5, 0.6) is 11.5 Å². The van der Waals surface area contributed by atoms with Gasteiger partial charge in [-0.3, -0.25) is 4.99 Å². The normalized spacial score (nSPS) is 19.8. The molecule has 2 N–H and O–H groups in total. The Bertz CT molecular complexity index is 1230. The van der Waals surface area contributed by atoms with Crippen molar-refractivity contribution in [3.05, 3.63) is 52.6 Å². The summed E-state index contributed by atoms with van der Waals surface area (Å²) >= 11 is 0. The van der Waals surface area contributed by atoms with Crippen LogP contribution in [-0.4, -0.2) is 57.1 Å². The number of amidine groups is 1.